The van der Waals surface area contributed by atoms with Crippen LogP contribution >= 0.6 is 0 Å². The summed E-state index contributed by atoms with van der Waals surface area (Å²) in [4.78, 5) is 0. The molecule has 0 bridgehead atoms. The Labute approximate surface area is 213 Å². The summed E-state index contributed by atoms with van der Waals surface area (Å²) >= 11 is 0. The lowest BCUT2D eigenvalue weighted by Gasteiger charge is -2.07. The number of benzene rings is 1. The minimum Gasteiger partial charge on any atom is -0.0990 e. The van der Waals surface area contributed by atoms with E-state index in [1.165, 1.54) is 0 Å². The van der Waals surface area contributed by atoms with Crippen molar-refractivity contribution in [2.24, 2.45) is 0 Å². The first-order valence-electron chi connectivity index (χ1n) is 11.6. The Morgan fingerprint density at radius 1 is 0.686 bits per heavy atom. The van der Waals surface area contributed by atoms with Gasteiger partial charge in [-0.05, 0) is 71.4 Å². The zero-order chi connectivity index (χ0) is 26.1. The van der Waals surface area contributed by atoms with Gasteiger partial charge in [0, 0.05) is 0 Å². The van der Waals surface area contributed by atoms with E-state index < -0.39 is 0 Å². The molecule has 0 aliphatic heterocycles. The maximum absolute atomic E-state index is 4.25. The van der Waals surface area contributed by atoms with Gasteiger partial charge in [0.05, 0.1) is 0 Å². The number of allylic oxidation sites excluding steroid dienone is 21. The van der Waals surface area contributed by atoms with E-state index in [9.17, 15) is 0 Å². The van der Waals surface area contributed by atoms with E-state index >= 15 is 0 Å². The molecule has 0 aromatic heterocycles. The third-order valence-corrected chi connectivity index (χ3v) is 5.19. The minimum atomic E-state index is 0.884. The fraction of sp³-hybridized carbons (Fsp3) is 0.0857. The second kappa shape index (κ2) is 16.5. The lowest BCUT2D eigenvalue weighted by molar-refractivity contribution is 1.40. The van der Waals surface area contributed by atoms with Crippen LogP contribution in [0.3, 0.4) is 0 Å². The summed E-state index contributed by atoms with van der Waals surface area (Å²) in [7, 11) is 0. The molecule has 0 aliphatic carbocycles. The molecule has 0 N–H and O–H groups in total. The Morgan fingerprint density at radius 3 is 1.83 bits per heavy atom. The number of hydrogen-bond acceptors (Lipinski definition) is 0. The zero-order valence-corrected chi connectivity index (χ0v) is 21.5. The molecule has 0 atom stereocenters. The van der Waals surface area contributed by atoms with Crippen molar-refractivity contribution >= 4 is 5.57 Å². The molecule has 0 saturated heterocycles. The first-order chi connectivity index (χ1) is 16.9. The van der Waals surface area contributed by atoms with Gasteiger partial charge in [-0.3, -0.25) is 0 Å². The zero-order valence-electron chi connectivity index (χ0n) is 21.5. The Balaban J connectivity index is 3.09. The van der Waals surface area contributed by atoms with Crippen molar-refractivity contribution in [3.63, 3.8) is 0 Å². The quantitative estimate of drug-likeness (QED) is 0.258. The van der Waals surface area contributed by atoms with Crippen LogP contribution in [0.5, 0.6) is 0 Å². The van der Waals surface area contributed by atoms with E-state index in [0.717, 1.165) is 44.6 Å². The Morgan fingerprint density at radius 2 is 1.26 bits per heavy atom. The molecular weight excluding hydrogens is 420 g/mol. The van der Waals surface area contributed by atoms with Crippen molar-refractivity contribution in [2.75, 3.05) is 0 Å². The topological polar surface area (TPSA) is 0 Å². The molecule has 0 saturated carbocycles. The van der Waals surface area contributed by atoms with Crippen molar-refractivity contribution in [2.45, 2.75) is 20.8 Å². The van der Waals surface area contributed by atoms with Gasteiger partial charge in [-0.15, -0.1) is 0 Å². The number of hydrogen-bond donors (Lipinski definition) is 0. The molecule has 0 spiro atoms. The van der Waals surface area contributed by atoms with Crippen molar-refractivity contribution in [1.29, 1.82) is 0 Å². The molecule has 1 aromatic carbocycles. The Hall–Kier alpha value is -4.16. The smallest absolute Gasteiger partial charge is 0.0184 e. The van der Waals surface area contributed by atoms with Crippen molar-refractivity contribution in [1.82, 2.24) is 0 Å². The summed E-state index contributed by atoms with van der Waals surface area (Å²) in [5.41, 5.74) is 8.30. The molecular formula is C35H38. The SMILES string of the molecule is C=CC=C(/C=C\C)/C(C)=C/C=C\C(=C)C(=C/C=C)/C=C(C=C)/C(C)=C/C=C\C(=C)c1ccccc1. The molecule has 0 aliphatic rings. The number of rotatable bonds is 13. The van der Waals surface area contributed by atoms with Crippen molar-refractivity contribution in [3.05, 3.63) is 187 Å². The van der Waals surface area contributed by atoms with Crippen LogP contribution in [0.2, 0.25) is 0 Å². The highest BCUT2D eigenvalue weighted by Gasteiger charge is 2.01. The Kier molecular flexibility index (Phi) is 13.6. The van der Waals surface area contributed by atoms with Crippen LogP contribution in [-0.4, -0.2) is 0 Å². The van der Waals surface area contributed by atoms with Gasteiger partial charge >= 0.3 is 0 Å². The average molecular weight is 459 g/mol. The Bertz CT molecular complexity index is 1160. The lowest BCUT2D eigenvalue weighted by atomic mass is 9.98. The molecule has 0 heteroatoms. The monoisotopic (exact) mass is 458 g/mol. The van der Waals surface area contributed by atoms with Crippen LogP contribution in [0.25, 0.3) is 5.57 Å². The predicted octanol–water partition coefficient (Wildman–Crippen LogP) is 10.2. The summed E-state index contributed by atoms with van der Waals surface area (Å²) in [5, 5.41) is 0. The molecule has 0 nitrogen and oxygen atoms in total. The van der Waals surface area contributed by atoms with E-state index in [0.29, 0.717) is 0 Å². The fourth-order valence-corrected chi connectivity index (χ4v) is 3.16. The highest BCUT2D eigenvalue weighted by Crippen LogP contribution is 2.20. The van der Waals surface area contributed by atoms with E-state index in [4.69, 9.17) is 0 Å². The average Bonchev–Trinajstić information content (AvgIpc) is 2.86. The first-order valence-corrected chi connectivity index (χ1v) is 11.6. The molecule has 0 radical (unpaired) electrons. The first kappa shape index (κ1) is 28.9. The molecule has 0 unspecified atom stereocenters. The van der Waals surface area contributed by atoms with Gasteiger partial charge in [-0.25, -0.2) is 0 Å². The third kappa shape index (κ3) is 10.5. The van der Waals surface area contributed by atoms with Crippen molar-refractivity contribution < 1.29 is 0 Å². The van der Waals surface area contributed by atoms with E-state index in [-0.39, 0.29) is 0 Å². The predicted molar refractivity (Wildman–Crippen MR) is 160 cm³/mol. The van der Waals surface area contributed by atoms with Crippen LogP contribution in [0.4, 0.5) is 0 Å². The summed E-state index contributed by atoms with van der Waals surface area (Å²) in [5.74, 6) is 0. The normalized spacial score (nSPS) is 14.1. The van der Waals surface area contributed by atoms with E-state index in [1.54, 1.807) is 12.2 Å². The van der Waals surface area contributed by atoms with Gasteiger partial charge in [0.1, 0.15) is 0 Å². The summed E-state index contributed by atoms with van der Waals surface area (Å²) < 4.78 is 0. The fourth-order valence-electron chi connectivity index (χ4n) is 3.16. The molecule has 35 heavy (non-hydrogen) atoms. The standard InChI is InChI=1S/C35H38/c1-9-18-33(19-10-2)29(6)22-17-24-31(8)35(20-11-3)27-32(12-4)28(5)21-16-23-30(7)34-25-14-13-15-26-34/h9-27H,1,3-4,7-8H2,2,5-6H3/b19-10-,23-16-,24-17-,28-21+,29-22+,32-27+,33-18?,35-20+. The second-order valence-electron chi connectivity index (χ2n) is 7.85. The highest BCUT2D eigenvalue weighted by atomic mass is 14.1. The molecule has 0 heterocycles. The van der Waals surface area contributed by atoms with Gasteiger partial charge in [0.25, 0.3) is 0 Å². The van der Waals surface area contributed by atoms with Gasteiger partial charge in [-0.2, -0.15) is 0 Å². The van der Waals surface area contributed by atoms with E-state index in [2.05, 4.69) is 83.2 Å². The minimum absolute atomic E-state index is 0.884. The summed E-state index contributed by atoms with van der Waals surface area (Å²) in [6, 6.07) is 10.1. The lowest BCUT2D eigenvalue weighted by Crippen LogP contribution is -1.87. The largest absolute Gasteiger partial charge is 0.0990 e. The maximum Gasteiger partial charge on any atom is -0.0184 e. The summed E-state index contributed by atoms with van der Waals surface area (Å²) in [6.45, 7) is 26.2. The third-order valence-electron chi connectivity index (χ3n) is 5.19. The highest BCUT2D eigenvalue weighted by molar-refractivity contribution is 5.72. The summed E-state index contributed by atoms with van der Waals surface area (Å²) in [6.07, 6.45) is 27.7. The van der Waals surface area contributed by atoms with Gasteiger partial charge in [0.2, 0.25) is 0 Å². The van der Waals surface area contributed by atoms with Crippen molar-refractivity contribution in [3.8, 4) is 0 Å². The molecule has 1 aromatic rings. The van der Waals surface area contributed by atoms with Crippen LogP contribution in [-0.2, 0) is 0 Å². The van der Waals surface area contributed by atoms with Crippen LogP contribution in [0.15, 0.2) is 182 Å². The molecule has 178 valence electrons. The van der Waals surface area contributed by atoms with Crippen LogP contribution < -0.4 is 0 Å². The molecule has 1 rings (SSSR count). The second-order valence-corrected chi connectivity index (χ2v) is 7.85. The molecule has 0 amide bonds. The van der Waals surface area contributed by atoms with Gasteiger partial charge in [-0.1, -0.05) is 142 Å². The van der Waals surface area contributed by atoms with Gasteiger partial charge in [0.15, 0.2) is 0 Å². The van der Waals surface area contributed by atoms with Crippen LogP contribution in [0, 0.1) is 0 Å². The van der Waals surface area contributed by atoms with Crippen LogP contribution in [0.1, 0.15) is 26.3 Å². The van der Waals surface area contributed by atoms with E-state index in [1.807, 2.05) is 73.7 Å². The maximum atomic E-state index is 4.25. The van der Waals surface area contributed by atoms with Gasteiger partial charge < -0.3 is 0 Å². The molecule has 0 fully saturated rings.